The van der Waals surface area contributed by atoms with Crippen molar-refractivity contribution < 1.29 is 13.3 Å². The number of nitrogens with two attached hydrogens (primary N) is 1. The molecule has 8 heteroatoms. The smallest absolute Gasteiger partial charge is 0.269 e. The van der Waals surface area contributed by atoms with Gasteiger partial charge in [-0.15, -0.1) is 0 Å². The molecule has 0 unspecified atom stereocenters. The standard InChI is InChI=1S/C13H13N3O4S/c14-11-3-1-2-10(8-11)9-15-21(19,20)13-6-4-12(5-7-13)16(17)18/h1-8,15H,9,14H2. The molecule has 7 nitrogen and oxygen atoms in total. The van der Waals surface area contributed by atoms with E-state index in [1.165, 1.54) is 12.1 Å². The molecule has 0 aliphatic carbocycles. The van der Waals surface area contributed by atoms with E-state index in [0.29, 0.717) is 5.69 Å². The third kappa shape index (κ3) is 3.77. The van der Waals surface area contributed by atoms with Crippen LogP contribution >= 0.6 is 0 Å². The van der Waals surface area contributed by atoms with Gasteiger partial charge in [-0.25, -0.2) is 13.1 Å². The van der Waals surface area contributed by atoms with Gasteiger partial charge in [-0.05, 0) is 29.8 Å². The molecule has 0 fully saturated rings. The topological polar surface area (TPSA) is 115 Å². The predicted molar refractivity (Wildman–Crippen MR) is 78.0 cm³/mol. The Morgan fingerprint density at radius 3 is 2.38 bits per heavy atom. The summed E-state index contributed by atoms with van der Waals surface area (Å²) in [6.45, 7) is 0.0877. The highest BCUT2D eigenvalue weighted by atomic mass is 32.2. The Morgan fingerprint density at radius 2 is 1.81 bits per heavy atom. The van der Waals surface area contributed by atoms with Crippen LogP contribution in [0.4, 0.5) is 11.4 Å². The molecular weight excluding hydrogens is 294 g/mol. The number of nitrogens with one attached hydrogen (secondary N) is 1. The first-order valence-corrected chi connectivity index (χ1v) is 7.45. The molecule has 2 aromatic carbocycles. The molecule has 0 radical (unpaired) electrons. The molecule has 0 bridgehead atoms. The molecular formula is C13H13N3O4S. The SMILES string of the molecule is Nc1cccc(CNS(=O)(=O)c2ccc([N+](=O)[O-])cc2)c1. The molecule has 0 aliphatic rings. The lowest BCUT2D eigenvalue weighted by atomic mass is 10.2. The van der Waals surface area contributed by atoms with E-state index in [2.05, 4.69) is 4.72 Å². The Balaban J connectivity index is 2.13. The molecule has 0 atom stereocenters. The summed E-state index contributed by atoms with van der Waals surface area (Å²) in [4.78, 5) is 9.92. The van der Waals surface area contributed by atoms with Crippen molar-refractivity contribution >= 4 is 21.4 Å². The number of rotatable bonds is 5. The van der Waals surface area contributed by atoms with Crippen molar-refractivity contribution in [1.29, 1.82) is 0 Å². The van der Waals surface area contributed by atoms with Gasteiger partial charge < -0.3 is 5.73 Å². The van der Waals surface area contributed by atoms with Gasteiger partial charge in [-0.1, -0.05) is 12.1 Å². The summed E-state index contributed by atoms with van der Waals surface area (Å²) in [7, 11) is -3.73. The Bertz CT molecular complexity index is 757. The summed E-state index contributed by atoms with van der Waals surface area (Å²) >= 11 is 0. The van der Waals surface area contributed by atoms with Crippen LogP contribution < -0.4 is 10.5 Å². The van der Waals surface area contributed by atoms with Crippen molar-refractivity contribution in [2.24, 2.45) is 0 Å². The third-order valence-electron chi connectivity index (χ3n) is 2.78. The fourth-order valence-electron chi connectivity index (χ4n) is 1.71. The lowest BCUT2D eigenvalue weighted by Crippen LogP contribution is -2.23. The van der Waals surface area contributed by atoms with Crippen molar-refractivity contribution in [1.82, 2.24) is 4.72 Å². The second-order valence-corrected chi connectivity index (χ2v) is 6.09. The number of benzene rings is 2. The number of nitrogen functional groups attached to an aromatic ring is 1. The van der Waals surface area contributed by atoms with E-state index in [1.54, 1.807) is 24.3 Å². The van der Waals surface area contributed by atoms with Crippen LogP contribution in [0.25, 0.3) is 0 Å². The summed E-state index contributed by atoms with van der Waals surface area (Å²) in [6.07, 6.45) is 0. The molecule has 0 heterocycles. The van der Waals surface area contributed by atoms with E-state index in [1.807, 2.05) is 0 Å². The van der Waals surface area contributed by atoms with Crippen molar-refractivity contribution in [2.75, 3.05) is 5.73 Å². The van der Waals surface area contributed by atoms with Crippen molar-refractivity contribution in [3.8, 4) is 0 Å². The largest absolute Gasteiger partial charge is 0.399 e. The number of non-ortho nitro benzene ring substituents is 1. The molecule has 3 N–H and O–H groups in total. The number of nitro benzene ring substituents is 1. The van der Waals surface area contributed by atoms with E-state index >= 15 is 0 Å². The lowest BCUT2D eigenvalue weighted by molar-refractivity contribution is -0.384. The third-order valence-corrected chi connectivity index (χ3v) is 4.19. The van der Waals surface area contributed by atoms with Gasteiger partial charge in [-0.3, -0.25) is 10.1 Å². The maximum atomic E-state index is 12.1. The Labute approximate surface area is 121 Å². The highest BCUT2D eigenvalue weighted by molar-refractivity contribution is 7.89. The van der Waals surface area contributed by atoms with Crippen molar-refractivity contribution in [3.63, 3.8) is 0 Å². The van der Waals surface area contributed by atoms with Crippen molar-refractivity contribution in [3.05, 3.63) is 64.2 Å². The van der Waals surface area contributed by atoms with Gasteiger partial charge in [0.1, 0.15) is 0 Å². The Kier molecular flexibility index (Phi) is 4.20. The lowest BCUT2D eigenvalue weighted by Gasteiger charge is -2.07. The van der Waals surface area contributed by atoms with Crippen LogP contribution in [0.15, 0.2) is 53.4 Å². The number of nitro groups is 1. The Morgan fingerprint density at radius 1 is 1.14 bits per heavy atom. The highest BCUT2D eigenvalue weighted by Crippen LogP contribution is 2.16. The summed E-state index contributed by atoms with van der Waals surface area (Å²) in [5.74, 6) is 0. The van der Waals surface area contributed by atoms with Crippen molar-refractivity contribution in [2.45, 2.75) is 11.4 Å². The average molecular weight is 307 g/mol. The van der Waals surface area contributed by atoms with Crippen LogP contribution in [0.1, 0.15) is 5.56 Å². The zero-order valence-electron chi connectivity index (χ0n) is 10.9. The van der Waals surface area contributed by atoms with Gasteiger partial charge in [0.2, 0.25) is 10.0 Å². The normalized spacial score (nSPS) is 11.2. The zero-order valence-corrected chi connectivity index (χ0v) is 11.7. The highest BCUT2D eigenvalue weighted by Gasteiger charge is 2.15. The second-order valence-electron chi connectivity index (χ2n) is 4.32. The average Bonchev–Trinajstić information content (AvgIpc) is 2.45. The van der Waals surface area contributed by atoms with Crippen LogP contribution in [-0.4, -0.2) is 13.3 Å². The molecule has 2 rings (SSSR count). The summed E-state index contributed by atoms with van der Waals surface area (Å²) in [6, 6.07) is 11.5. The number of nitrogens with zero attached hydrogens (tertiary/aromatic N) is 1. The fourth-order valence-corrected chi connectivity index (χ4v) is 2.73. The van der Waals surface area contributed by atoms with Crippen LogP contribution in [-0.2, 0) is 16.6 Å². The number of hydrogen-bond acceptors (Lipinski definition) is 5. The molecule has 0 spiro atoms. The predicted octanol–water partition coefficient (Wildman–Crippen LogP) is 1.66. The molecule has 21 heavy (non-hydrogen) atoms. The van der Waals surface area contributed by atoms with Gasteiger partial charge in [0.05, 0.1) is 9.82 Å². The zero-order chi connectivity index (χ0) is 15.5. The first kappa shape index (κ1) is 14.9. The molecule has 0 aromatic heterocycles. The van der Waals surface area contributed by atoms with E-state index in [-0.39, 0.29) is 17.1 Å². The fraction of sp³-hybridized carbons (Fsp3) is 0.0769. The van der Waals surface area contributed by atoms with Gasteiger partial charge in [-0.2, -0.15) is 0 Å². The van der Waals surface area contributed by atoms with E-state index in [9.17, 15) is 18.5 Å². The minimum absolute atomic E-state index is 0.0306. The Hall–Kier alpha value is -2.45. The van der Waals surface area contributed by atoms with E-state index in [0.717, 1.165) is 17.7 Å². The minimum Gasteiger partial charge on any atom is -0.399 e. The molecule has 0 saturated carbocycles. The number of sulfonamides is 1. The van der Waals surface area contributed by atoms with Crippen LogP contribution in [0.2, 0.25) is 0 Å². The molecule has 0 amide bonds. The van der Waals surface area contributed by atoms with Crippen LogP contribution in [0, 0.1) is 10.1 Å². The summed E-state index contributed by atoms with van der Waals surface area (Å²) in [5.41, 5.74) is 6.72. The molecule has 0 saturated heterocycles. The molecule has 0 aliphatic heterocycles. The maximum absolute atomic E-state index is 12.1. The van der Waals surface area contributed by atoms with E-state index in [4.69, 9.17) is 5.73 Å². The number of anilines is 1. The van der Waals surface area contributed by atoms with Gasteiger partial charge in [0.15, 0.2) is 0 Å². The first-order chi connectivity index (χ1) is 9.88. The van der Waals surface area contributed by atoms with Gasteiger partial charge in [0, 0.05) is 24.4 Å². The van der Waals surface area contributed by atoms with Gasteiger partial charge in [0.25, 0.3) is 5.69 Å². The summed E-state index contributed by atoms with van der Waals surface area (Å²) < 4.78 is 26.5. The molecule has 2 aromatic rings. The monoisotopic (exact) mass is 307 g/mol. The number of hydrogen-bond donors (Lipinski definition) is 2. The quantitative estimate of drug-likeness (QED) is 0.495. The summed E-state index contributed by atoms with van der Waals surface area (Å²) in [5, 5.41) is 10.5. The van der Waals surface area contributed by atoms with Gasteiger partial charge >= 0.3 is 0 Å². The first-order valence-electron chi connectivity index (χ1n) is 5.97. The van der Waals surface area contributed by atoms with Crippen LogP contribution in [0.5, 0.6) is 0 Å². The maximum Gasteiger partial charge on any atom is 0.269 e. The second kappa shape index (κ2) is 5.90. The van der Waals surface area contributed by atoms with Crippen LogP contribution in [0.3, 0.4) is 0 Å². The van der Waals surface area contributed by atoms with E-state index < -0.39 is 14.9 Å². The molecule has 110 valence electrons. The minimum atomic E-state index is -3.73.